The molecule has 17 heavy (non-hydrogen) atoms. The van der Waals surface area contributed by atoms with Gasteiger partial charge >= 0.3 is 0 Å². The van der Waals surface area contributed by atoms with Crippen LogP contribution >= 0.6 is 0 Å². The van der Waals surface area contributed by atoms with E-state index in [1.165, 1.54) is 0 Å². The summed E-state index contributed by atoms with van der Waals surface area (Å²) in [4.78, 5) is 4.30. The predicted molar refractivity (Wildman–Crippen MR) is 64.9 cm³/mol. The minimum atomic E-state index is 0. The van der Waals surface area contributed by atoms with E-state index in [9.17, 15) is 0 Å². The Labute approximate surface area is 126 Å². The molecule has 0 aliphatic rings. The molecule has 0 N–H and O–H groups in total. The van der Waals surface area contributed by atoms with Crippen LogP contribution in [0.25, 0.3) is 22.0 Å². The van der Waals surface area contributed by atoms with Gasteiger partial charge in [-0.3, -0.25) is 4.98 Å². The van der Waals surface area contributed by atoms with Crippen LogP contribution in [0.15, 0.2) is 54.7 Å². The number of hydrogen-bond acceptors (Lipinski definition) is 1. The smallest absolute Gasteiger partial charge is 0.0247 e. The topological polar surface area (TPSA) is 12.9 Å². The Morgan fingerprint density at radius 1 is 0.882 bits per heavy atom. The zero-order valence-corrected chi connectivity index (χ0v) is 12.1. The first kappa shape index (κ1) is 12.4. The summed E-state index contributed by atoms with van der Waals surface area (Å²) in [7, 11) is 0. The maximum atomic E-state index is 4.30. The molecule has 0 fully saturated rings. The summed E-state index contributed by atoms with van der Waals surface area (Å²) in [6.45, 7) is 0. The fourth-order valence-electron chi connectivity index (χ4n) is 1.72. The fraction of sp³-hybridized carbons (Fsp3) is 0. The Morgan fingerprint density at radius 3 is 2.65 bits per heavy atom. The van der Waals surface area contributed by atoms with Crippen LogP contribution in [0.4, 0.5) is 0 Å². The monoisotopic (exact) mass is 292 g/mol. The molecule has 0 unspecified atom stereocenters. The number of nitrogens with zero attached hydrogens (tertiary/aromatic N) is 1. The molecule has 1 aromatic heterocycles. The molecule has 79 valence electrons. The van der Waals surface area contributed by atoms with Gasteiger partial charge in [-0.1, -0.05) is 17.5 Å². The zero-order valence-electron chi connectivity index (χ0n) is 9.22. The average Bonchev–Trinajstić information content (AvgIpc) is 2.39. The average molecular weight is 292 g/mol. The van der Waals surface area contributed by atoms with Crippen LogP contribution in [0.3, 0.4) is 0 Å². The van der Waals surface area contributed by atoms with Crippen molar-refractivity contribution in [3.8, 4) is 11.1 Å². The Kier molecular flexibility index (Phi) is 4.03. The number of hydrogen-bond donors (Lipinski definition) is 0. The van der Waals surface area contributed by atoms with Gasteiger partial charge in [0.15, 0.2) is 0 Å². The van der Waals surface area contributed by atoms with E-state index in [4.69, 9.17) is 0 Å². The first-order valence-corrected chi connectivity index (χ1v) is 5.18. The second-order valence-electron chi connectivity index (χ2n) is 3.59. The van der Waals surface area contributed by atoms with Crippen LogP contribution in [0.1, 0.15) is 0 Å². The third kappa shape index (κ3) is 2.62. The summed E-state index contributed by atoms with van der Waals surface area (Å²) in [5.74, 6) is 0. The minimum absolute atomic E-state index is 0. The Balaban J connectivity index is 0.00000108. The van der Waals surface area contributed by atoms with Crippen LogP contribution in [0.5, 0.6) is 0 Å². The van der Waals surface area contributed by atoms with Crippen LogP contribution in [-0.2, 0) is 32.7 Å². The van der Waals surface area contributed by atoms with Gasteiger partial charge in [0, 0.05) is 38.9 Å². The number of pyridine rings is 1. The number of benzene rings is 2. The molecule has 0 saturated heterocycles. The first-order valence-electron chi connectivity index (χ1n) is 5.18. The van der Waals surface area contributed by atoms with Crippen molar-refractivity contribution in [2.45, 2.75) is 0 Å². The summed E-state index contributed by atoms with van der Waals surface area (Å²) in [5, 5.41) is 1.11. The van der Waals surface area contributed by atoms with Crippen molar-refractivity contribution in [1.29, 1.82) is 0 Å². The molecule has 0 amide bonds. The number of aromatic nitrogens is 1. The molecule has 0 aliphatic heterocycles. The number of rotatable bonds is 1. The Hall–Kier alpha value is -1.05. The van der Waals surface area contributed by atoms with E-state index in [2.05, 4.69) is 29.2 Å². The van der Waals surface area contributed by atoms with E-state index in [1.54, 1.807) is 6.20 Å². The Bertz CT molecular complexity index is 620. The second-order valence-corrected chi connectivity index (χ2v) is 3.59. The molecule has 2 aromatic carbocycles. The standard InChI is InChI=1S/C15H9N.Y/c1-2-5-12(6-3-1)14-9-8-13-7-4-10-16-15(13)11-14;/h1-5,7-10H;/q-2;. The van der Waals surface area contributed by atoms with Crippen molar-refractivity contribution in [3.63, 3.8) is 0 Å². The summed E-state index contributed by atoms with van der Waals surface area (Å²) in [5.41, 5.74) is 2.99. The van der Waals surface area contributed by atoms with Gasteiger partial charge in [-0.25, -0.2) is 11.1 Å². The van der Waals surface area contributed by atoms with Crippen molar-refractivity contribution in [1.82, 2.24) is 4.98 Å². The van der Waals surface area contributed by atoms with E-state index >= 15 is 0 Å². The third-order valence-corrected chi connectivity index (χ3v) is 2.52. The quantitative estimate of drug-likeness (QED) is 0.626. The van der Waals surface area contributed by atoms with E-state index in [1.807, 2.05) is 36.4 Å². The van der Waals surface area contributed by atoms with Gasteiger partial charge < -0.3 is 0 Å². The SMILES string of the molecule is [Y].[c-]1ccccc1-c1[c-]c2ncccc2cc1. The van der Waals surface area contributed by atoms with Crippen molar-refractivity contribution in [3.05, 3.63) is 66.9 Å². The van der Waals surface area contributed by atoms with E-state index in [-0.39, 0.29) is 32.7 Å². The number of fused-ring (bicyclic) bond motifs is 1. The zero-order chi connectivity index (χ0) is 10.8. The molecule has 3 aromatic rings. The molecule has 3 rings (SSSR count). The normalized spacial score (nSPS) is 9.88. The summed E-state index contributed by atoms with van der Waals surface area (Å²) in [6.07, 6.45) is 1.79. The largest absolute Gasteiger partial charge is 0.277 e. The summed E-state index contributed by atoms with van der Waals surface area (Å²) in [6, 6.07) is 22.5. The predicted octanol–water partition coefficient (Wildman–Crippen LogP) is 3.50. The van der Waals surface area contributed by atoms with Crippen molar-refractivity contribution in [2.75, 3.05) is 0 Å². The van der Waals surface area contributed by atoms with Crippen LogP contribution in [0.2, 0.25) is 0 Å². The van der Waals surface area contributed by atoms with Gasteiger partial charge in [0.05, 0.1) is 0 Å². The molecule has 1 heterocycles. The molecule has 1 nitrogen and oxygen atoms in total. The van der Waals surface area contributed by atoms with Crippen molar-refractivity contribution < 1.29 is 32.7 Å². The van der Waals surface area contributed by atoms with E-state index < -0.39 is 0 Å². The van der Waals surface area contributed by atoms with E-state index in [0.717, 1.165) is 22.0 Å². The molecule has 1 radical (unpaired) electrons. The minimum Gasteiger partial charge on any atom is -0.277 e. The van der Waals surface area contributed by atoms with Gasteiger partial charge in [-0.2, -0.15) is 36.4 Å². The Morgan fingerprint density at radius 2 is 1.82 bits per heavy atom. The summed E-state index contributed by atoms with van der Waals surface area (Å²) < 4.78 is 0. The van der Waals surface area contributed by atoms with Crippen molar-refractivity contribution in [2.24, 2.45) is 0 Å². The maximum absolute atomic E-state index is 4.30. The fourth-order valence-corrected chi connectivity index (χ4v) is 1.72. The molecular weight excluding hydrogens is 283 g/mol. The van der Waals surface area contributed by atoms with Gasteiger partial charge in [0.1, 0.15) is 0 Å². The van der Waals surface area contributed by atoms with E-state index in [0.29, 0.717) is 0 Å². The van der Waals surface area contributed by atoms with Gasteiger partial charge in [-0.05, 0) is 5.52 Å². The van der Waals surface area contributed by atoms with Gasteiger partial charge in [-0.15, -0.1) is 12.1 Å². The van der Waals surface area contributed by atoms with Gasteiger partial charge in [0.25, 0.3) is 0 Å². The molecule has 2 heteroatoms. The first-order chi connectivity index (χ1) is 7.93. The molecule has 0 saturated carbocycles. The third-order valence-electron chi connectivity index (χ3n) is 2.52. The van der Waals surface area contributed by atoms with Crippen LogP contribution in [0, 0.1) is 12.1 Å². The van der Waals surface area contributed by atoms with Crippen molar-refractivity contribution >= 4 is 10.9 Å². The second kappa shape index (κ2) is 5.53. The van der Waals surface area contributed by atoms with Crippen LogP contribution < -0.4 is 0 Å². The molecular formula is C15H9NY-2. The summed E-state index contributed by atoms with van der Waals surface area (Å²) >= 11 is 0. The molecule has 0 atom stereocenters. The molecule has 0 bridgehead atoms. The molecule has 0 spiro atoms. The van der Waals surface area contributed by atoms with Gasteiger partial charge in [0.2, 0.25) is 0 Å². The molecule has 0 aliphatic carbocycles. The van der Waals surface area contributed by atoms with Crippen LogP contribution in [-0.4, -0.2) is 4.98 Å². The maximum Gasteiger partial charge on any atom is 0.0247 e.